The summed E-state index contributed by atoms with van der Waals surface area (Å²) in [5.74, 6) is 0.0356. The highest BCUT2D eigenvalue weighted by molar-refractivity contribution is 8.16. The number of nitrogens with one attached hydrogen (secondary N) is 1. The Balaban J connectivity index is 1.50. The molecule has 1 amide bonds. The Bertz CT molecular complexity index is 1470. The summed E-state index contributed by atoms with van der Waals surface area (Å²) in [6.07, 6.45) is 2.50. The highest BCUT2D eigenvalue weighted by Crippen LogP contribution is 2.48. The van der Waals surface area contributed by atoms with Crippen LogP contribution in [-0.4, -0.2) is 47.2 Å². The summed E-state index contributed by atoms with van der Waals surface area (Å²) in [7, 11) is 1.60. The standard InChI is InChI=1S/C31H30N4O4S/c1-3-39-30(37)27-28(21-11-5-4-6-12-21)34-31-35(29(27)24-14-7-8-15-25(24)38-2)23(20-40-31)19-26(36)33-18-16-22-13-9-10-17-32-22/h4-15,17,20,29H,3,16,18-19H2,1-2H3,(H,33,36). The molecule has 5 rings (SSSR count). The number of hydrogen-bond acceptors (Lipinski definition) is 8. The first kappa shape index (κ1) is 27.2. The number of carbonyl (C=O) groups is 2. The maximum Gasteiger partial charge on any atom is 0.338 e. The van der Waals surface area contributed by atoms with Crippen molar-refractivity contribution in [3.8, 4) is 5.75 Å². The van der Waals surface area contributed by atoms with Gasteiger partial charge in [-0.2, -0.15) is 0 Å². The van der Waals surface area contributed by atoms with Crippen molar-refractivity contribution in [3.63, 3.8) is 0 Å². The minimum Gasteiger partial charge on any atom is -0.496 e. The number of methoxy groups -OCH3 is 1. The third-order valence-electron chi connectivity index (χ3n) is 6.56. The van der Waals surface area contributed by atoms with Gasteiger partial charge >= 0.3 is 5.97 Å². The van der Waals surface area contributed by atoms with Crippen molar-refractivity contribution in [2.24, 2.45) is 4.99 Å². The first-order chi connectivity index (χ1) is 19.6. The first-order valence-corrected chi connectivity index (χ1v) is 14.0. The Morgan fingerprint density at radius 1 is 1.02 bits per heavy atom. The maximum absolute atomic E-state index is 13.6. The normalized spacial score (nSPS) is 16.1. The Morgan fingerprint density at radius 3 is 2.55 bits per heavy atom. The average Bonchev–Trinajstić information content (AvgIpc) is 3.39. The SMILES string of the molecule is CCOC(=O)C1=C(c2ccccc2)N=C2SC=C(CC(=O)NCCc3ccccn3)N2C1c1ccccc1OC. The zero-order valence-corrected chi connectivity index (χ0v) is 23.2. The quantitative estimate of drug-likeness (QED) is 0.348. The summed E-state index contributed by atoms with van der Waals surface area (Å²) >= 11 is 1.43. The molecule has 1 unspecified atom stereocenters. The number of rotatable bonds is 10. The number of benzene rings is 2. The van der Waals surface area contributed by atoms with Gasteiger partial charge in [-0.05, 0) is 30.5 Å². The maximum atomic E-state index is 13.6. The second-order valence-electron chi connectivity index (χ2n) is 9.08. The molecule has 9 heteroatoms. The molecule has 2 aliphatic heterocycles. The Hall–Kier alpha value is -4.37. The predicted molar refractivity (Wildman–Crippen MR) is 156 cm³/mol. The number of aromatic nitrogens is 1. The van der Waals surface area contributed by atoms with E-state index in [0.717, 1.165) is 22.5 Å². The summed E-state index contributed by atoms with van der Waals surface area (Å²) in [6, 6.07) is 22.3. The van der Waals surface area contributed by atoms with Gasteiger partial charge in [-0.25, -0.2) is 9.79 Å². The van der Waals surface area contributed by atoms with Crippen molar-refractivity contribution in [1.82, 2.24) is 15.2 Å². The lowest BCUT2D eigenvalue weighted by atomic mass is 9.91. The molecule has 0 fully saturated rings. The van der Waals surface area contributed by atoms with E-state index in [4.69, 9.17) is 14.5 Å². The van der Waals surface area contributed by atoms with Crippen molar-refractivity contribution >= 4 is 34.5 Å². The van der Waals surface area contributed by atoms with Gasteiger partial charge in [0.05, 0.1) is 37.4 Å². The number of amidine groups is 1. The van der Waals surface area contributed by atoms with Gasteiger partial charge in [0.2, 0.25) is 5.91 Å². The molecule has 3 heterocycles. The number of aliphatic imine (C=N–C) groups is 1. The molecule has 204 valence electrons. The third kappa shape index (κ3) is 5.79. The number of thioether (sulfide) groups is 1. The van der Waals surface area contributed by atoms with Gasteiger partial charge in [0.25, 0.3) is 0 Å². The van der Waals surface area contributed by atoms with E-state index >= 15 is 0 Å². The molecule has 0 saturated carbocycles. The lowest BCUT2D eigenvalue weighted by molar-refractivity contribution is -0.139. The predicted octanol–water partition coefficient (Wildman–Crippen LogP) is 5.11. The number of nitrogens with zero attached hydrogens (tertiary/aromatic N) is 3. The van der Waals surface area contributed by atoms with Gasteiger partial charge in [0.15, 0.2) is 5.17 Å². The Morgan fingerprint density at radius 2 is 1.80 bits per heavy atom. The van der Waals surface area contributed by atoms with Crippen molar-refractivity contribution in [2.45, 2.75) is 25.8 Å². The van der Waals surface area contributed by atoms with Crippen molar-refractivity contribution in [2.75, 3.05) is 20.3 Å². The van der Waals surface area contributed by atoms with Gasteiger partial charge in [0, 0.05) is 41.7 Å². The van der Waals surface area contributed by atoms with Crippen molar-refractivity contribution in [3.05, 3.63) is 112 Å². The number of ether oxygens (including phenoxy) is 2. The van der Waals surface area contributed by atoms with Crippen LogP contribution in [-0.2, 0) is 20.7 Å². The van der Waals surface area contributed by atoms with E-state index in [0.29, 0.717) is 35.2 Å². The average molecular weight is 555 g/mol. The first-order valence-electron chi connectivity index (χ1n) is 13.1. The molecule has 40 heavy (non-hydrogen) atoms. The largest absolute Gasteiger partial charge is 0.496 e. The second-order valence-corrected chi connectivity index (χ2v) is 9.92. The molecule has 3 aromatic rings. The molecule has 0 aliphatic carbocycles. The number of pyridine rings is 1. The van der Waals surface area contributed by atoms with E-state index in [2.05, 4.69) is 10.3 Å². The number of fused-ring (bicyclic) bond motifs is 1. The van der Waals surface area contributed by atoms with Crippen molar-refractivity contribution in [1.29, 1.82) is 0 Å². The highest BCUT2D eigenvalue weighted by atomic mass is 32.2. The van der Waals surface area contributed by atoms with E-state index in [-0.39, 0.29) is 18.9 Å². The minimum atomic E-state index is -0.611. The molecule has 8 nitrogen and oxygen atoms in total. The number of para-hydroxylation sites is 1. The van der Waals surface area contributed by atoms with Crippen LogP contribution in [0.2, 0.25) is 0 Å². The van der Waals surface area contributed by atoms with Gasteiger partial charge < -0.3 is 19.7 Å². The van der Waals surface area contributed by atoms with Crippen LogP contribution in [0.1, 0.15) is 36.2 Å². The van der Waals surface area contributed by atoms with Crippen LogP contribution in [0.15, 0.2) is 101 Å². The fourth-order valence-corrected chi connectivity index (χ4v) is 5.70. The topological polar surface area (TPSA) is 93.1 Å². The molecule has 0 saturated heterocycles. The summed E-state index contributed by atoms with van der Waals surface area (Å²) in [6.45, 7) is 2.47. The molecule has 2 aliphatic rings. The zero-order valence-electron chi connectivity index (χ0n) is 22.4. The molecular weight excluding hydrogens is 524 g/mol. The van der Waals surface area contributed by atoms with Gasteiger partial charge in [0.1, 0.15) is 5.75 Å². The highest BCUT2D eigenvalue weighted by Gasteiger charge is 2.43. The van der Waals surface area contributed by atoms with Crippen LogP contribution in [0, 0.1) is 0 Å². The Kier molecular flexibility index (Phi) is 8.61. The van der Waals surface area contributed by atoms with Crippen LogP contribution < -0.4 is 10.1 Å². The van der Waals surface area contributed by atoms with E-state index in [1.165, 1.54) is 11.8 Å². The molecule has 0 bridgehead atoms. The van der Waals surface area contributed by atoms with E-state index in [1.807, 2.05) is 83.1 Å². The zero-order chi connectivity index (χ0) is 27.9. The van der Waals surface area contributed by atoms with Crippen LogP contribution >= 0.6 is 11.8 Å². The summed E-state index contributed by atoms with van der Waals surface area (Å²) < 4.78 is 11.3. The number of carbonyl (C=O) groups excluding carboxylic acids is 2. The fourth-order valence-electron chi connectivity index (χ4n) is 4.78. The molecule has 0 spiro atoms. The summed E-state index contributed by atoms with van der Waals surface area (Å²) in [5, 5.41) is 5.60. The van der Waals surface area contributed by atoms with Gasteiger partial charge in [-0.15, -0.1) is 0 Å². The monoisotopic (exact) mass is 554 g/mol. The Labute approximate surface area is 237 Å². The van der Waals surface area contributed by atoms with Gasteiger partial charge in [-0.1, -0.05) is 66.4 Å². The summed E-state index contributed by atoms with van der Waals surface area (Å²) in [5.41, 5.74) is 4.17. The number of hydrogen-bond donors (Lipinski definition) is 1. The van der Waals surface area contributed by atoms with Crippen LogP contribution in [0.3, 0.4) is 0 Å². The summed E-state index contributed by atoms with van der Waals surface area (Å²) in [4.78, 5) is 37.9. The second kappa shape index (κ2) is 12.7. The lowest BCUT2D eigenvalue weighted by Gasteiger charge is -2.37. The van der Waals surface area contributed by atoms with Crippen LogP contribution in [0.5, 0.6) is 5.75 Å². The smallest absolute Gasteiger partial charge is 0.338 e. The molecule has 0 radical (unpaired) electrons. The van der Waals surface area contributed by atoms with E-state index in [9.17, 15) is 9.59 Å². The van der Waals surface area contributed by atoms with E-state index < -0.39 is 12.0 Å². The molecular formula is C31H30N4O4S. The molecule has 2 aromatic carbocycles. The number of esters is 1. The fraction of sp³-hybridized carbons (Fsp3) is 0.226. The van der Waals surface area contributed by atoms with Crippen LogP contribution in [0.4, 0.5) is 0 Å². The van der Waals surface area contributed by atoms with Crippen LogP contribution in [0.25, 0.3) is 5.70 Å². The van der Waals surface area contributed by atoms with Crippen molar-refractivity contribution < 1.29 is 19.1 Å². The molecule has 1 atom stereocenters. The number of amides is 1. The lowest BCUT2D eigenvalue weighted by Crippen LogP contribution is -2.38. The third-order valence-corrected chi connectivity index (χ3v) is 7.45. The van der Waals surface area contributed by atoms with Gasteiger partial charge in [-0.3, -0.25) is 9.78 Å². The van der Waals surface area contributed by atoms with E-state index in [1.54, 1.807) is 20.2 Å². The molecule has 1 N–H and O–H groups in total. The molecule has 1 aromatic heterocycles. The minimum absolute atomic E-state index is 0.122.